The van der Waals surface area contributed by atoms with E-state index in [1.807, 2.05) is 29.2 Å². The number of rotatable bonds is 3. The van der Waals surface area contributed by atoms with Crippen LogP contribution in [0.5, 0.6) is 0 Å². The number of hydrogen-bond acceptors (Lipinski definition) is 2. The zero-order chi connectivity index (χ0) is 13.9. The van der Waals surface area contributed by atoms with E-state index in [1.165, 1.54) is 11.1 Å². The van der Waals surface area contributed by atoms with Gasteiger partial charge in [0.05, 0.1) is 6.04 Å². The van der Waals surface area contributed by atoms with Crippen LogP contribution in [0.1, 0.15) is 40.4 Å². The normalized spacial score (nSPS) is 18.4. The van der Waals surface area contributed by atoms with Crippen molar-refractivity contribution >= 4 is 33.2 Å². The molecular weight excluding hydrogens is 334 g/mol. The lowest BCUT2D eigenvalue weighted by Gasteiger charge is -2.24. The van der Waals surface area contributed by atoms with Crippen molar-refractivity contribution < 1.29 is 4.79 Å². The van der Waals surface area contributed by atoms with Crippen LogP contribution in [0, 0.1) is 0 Å². The SMILES string of the molecule is O=C(c1ccc(CBr)cc1)N1CCCC1c1ccsc1. The molecule has 0 saturated carbocycles. The molecule has 4 heteroatoms. The maximum absolute atomic E-state index is 12.7. The van der Waals surface area contributed by atoms with Gasteiger partial charge in [-0.05, 0) is 52.9 Å². The number of likely N-dealkylation sites (tertiary alicyclic amines) is 1. The lowest BCUT2D eigenvalue weighted by molar-refractivity contribution is 0.0736. The fourth-order valence-electron chi connectivity index (χ4n) is 2.72. The third kappa shape index (κ3) is 2.67. The van der Waals surface area contributed by atoms with E-state index in [2.05, 4.69) is 32.8 Å². The number of carbonyl (C=O) groups is 1. The van der Waals surface area contributed by atoms with E-state index in [0.717, 1.165) is 30.3 Å². The van der Waals surface area contributed by atoms with Crippen LogP contribution >= 0.6 is 27.3 Å². The molecule has 1 aliphatic rings. The van der Waals surface area contributed by atoms with Crippen molar-refractivity contribution in [1.82, 2.24) is 4.90 Å². The highest BCUT2D eigenvalue weighted by Crippen LogP contribution is 2.34. The van der Waals surface area contributed by atoms with Gasteiger partial charge < -0.3 is 4.90 Å². The Morgan fingerprint density at radius 1 is 1.30 bits per heavy atom. The molecule has 1 amide bonds. The average Bonchev–Trinajstić information content (AvgIpc) is 3.16. The molecule has 0 spiro atoms. The predicted octanol–water partition coefficient (Wildman–Crippen LogP) is 4.62. The van der Waals surface area contributed by atoms with Crippen molar-refractivity contribution in [2.75, 3.05) is 6.54 Å². The van der Waals surface area contributed by atoms with Crippen LogP contribution in [0.15, 0.2) is 41.1 Å². The molecule has 2 heterocycles. The van der Waals surface area contributed by atoms with Crippen molar-refractivity contribution in [3.8, 4) is 0 Å². The molecule has 2 nitrogen and oxygen atoms in total. The topological polar surface area (TPSA) is 20.3 Å². The summed E-state index contributed by atoms with van der Waals surface area (Å²) in [6.45, 7) is 0.861. The van der Waals surface area contributed by atoms with E-state index < -0.39 is 0 Å². The van der Waals surface area contributed by atoms with Crippen molar-refractivity contribution in [1.29, 1.82) is 0 Å². The van der Waals surface area contributed by atoms with Crippen LogP contribution in [-0.4, -0.2) is 17.4 Å². The highest BCUT2D eigenvalue weighted by molar-refractivity contribution is 9.08. The van der Waals surface area contributed by atoms with E-state index in [1.54, 1.807) is 11.3 Å². The standard InChI is InChI=1S/C16H16BrNOS/c17-10-12-3-5-13(6-4-12)16(19)18-8-1-2-15(18)14-7-9-20-11-14/h3-7,9,11,15H,1-2,8,10H2. The Labute approximate surface area is 131 Å². The van der Waals surface area contributed by atoms with Gasteiger partial charge in [0, 0.05) is 17.4 Å². The first-order valence-corrected chi connectivity index (χ1v) is 8.84. The molecule has 1 saturated heterocycles. The van der Waals surface area contributed by atoms with Crippen molar-refractivity contribution in [3.63, 3.8) is 0 Å². The van der Waals surface area contributed by atoms with Crippen LogP contribution in [0.3, 0.4) is 0 Å². The molecule has 1 unspecified atom stereocenters. The summed E-state index contributed by atoms with van der Waals surface area (Å²) in [5, 5.41) is 5.06. The second kappa shape index (κ2) is 6.10. The highest BCUT2D eigenvalue weighted by Gasteiger charge is 2.30. The third-order valence-electron chi connectivity index (χ3n) is 3.80. The van der Waals surface area contributed by atoms with Gasteiger partial charge >= 0.3 is 0 Å². The molecule has 0 aliphatic carbocycles. The van der Waals surface area contributed by atoms with E-state index in [-0.39, 0.29) is 11.9 Å². The largest absolute Gasteiger partial charge is 0.332 e. The number of hydrogen-bond donors (Lipinski definition) is 0. The Kier molecular flexibility index (Phi) is 4.22. The first-order chi connectivity index (χ1) is 9.79. The van der Waals surface area contributed by atoms with E-state index >= 15 is 0 Å². The fourth-order valence-corrected chi connectivity index (χ4v) is 3.80. The molecular formula is C16H16BrNOS. The summed E-state index contributed by atoms with van der Waals surface area (Å²) in [7, 11) is 0. The van der Waals surface area contributed by atoms with E-state index in [0.29, 0.717) is 0 Å². The van der Waals surface area contributed by atoms with Gasteiger partial charge in [-0.3, -0.25) is 4.79 Å². The Balaban J connectivity index is 1.81. The number of thiophene rings is 1. The summed E-state index contributed by atoms with van der Waals surface area (Å²) >= 11 is 5.12. The van der Waals surface area contributed by atoms with Gasteiger partial charge in [0.1, 0.15) is 0 Å². The summed E-state index contributed by atoms with van der Waals surface area (Å²) < 4.78 is 0. The van der Waals surface area contributed by atoms with E-state index in [9.17, 15) is 4.79 Å². The molecule has 1 aromatic carbocycles. The summed E-state index contributed by atoms with van der Waals surface area (Å²) in [6, 6.07) is 10.3. The summed E-state index contributed by atoms with van der Waals surface area (Å²) in [6.07, 6.45) is 2.16. The molecule has 0 radical (unpaired) electrons. The van der Waals surface area contributed by atoms with Crippen LogP contribution in [0.2, 0.25) is 0 Å². The lowest BCUT2D eigenvalue weighted by atomic mass is 10.1. The van der Waals surface area contributed by atoms with Crippen LogP contribution in [0.4, 0.5) is 0 Å². The molecule has 2 aromatic rings. The molecule has 3 rings (SSSR count). The second-order valence-corrected chi connectivity index (χ2v) is 6.38. The zero-order valence-corrected chi connectivity index (χ0v) is 13.5. The molecule has 1 atom stereocenters. The Morgan fingerprint density at radius 2 is 2.10 bits per heavy atom. The summed E-state index contributed by atoms with van der Waals surface area (Å²) in [4.78, 5) is 14.7. The maximum atomic E-state index is 12.7. The van der Waals surface area contributed by atoms with Crippen LogP contribution in [0.25, 0.3) is 0 Å². The van der Waals surface area contributed by atoms with Gasteiger partial charge in [-0.2, -0.15) is 11.3 Å². The molecule has 0 bridgehead atoms. The summed E-state index contributed by atoms with van der Waals surface area (Å²) in [5.74, 6) is 0.153. The lowest BCUT2D eigenvalue weighted by Crippen LogP contribution is -2.30. The van der Waals surface area contributed by atoms with Crippen LogP contribution in [-0.2, 0) is 5.33 Å². The molecule has 20 heavy (non-hydrogen) atoms. The second-order valence-electron chi connectivity index (χ2n) is 5.04. The number of halogens is 1. The first kappa shape index (κ1) is 13.8. The number of benzene rings is 1. The van der Waals surface area contributed by atoms with Gasteiger partial charge in [0.2, 0.25) is 0 Å². The fraction of sp³-hybridized carbons (Fsp3) is 0.312. The predicted molar refractivity (Wildman–Crippen MR) is 86.4 cm³/mol. The Bertz CT molecular complexity index is 579. The average molecular weight is 350 g/mol. The van der Waals surface area contributed by atoms with Gasteiger partial charge in [0.25, 0.3) is 5.91 Å². The number of amides is 1. The van der Waals surface area contributed by atoms with Crippen molar-refractivity contribution in [3.05, 3.63) is 57.8 Å². The van der Waals surface area contributed by atoms with Gasteiger partial charge in [-0.15, -0.1) is 0 Å². The minimum absolute atomic E-state index is 0.153. The quantitative estimate of drug-likeness (QED) is 0.740. The first-order valence-electron chi connectivity index (χ1n) is 6.77. The minimum Gasteiger partial charge on any atom is -0.332 e. The van der Waals surface area contributed by atoms with Crippen LogP contribution < -0.4 is 0 Å². The molecule has 0 N–H and O–H groups in total. The Hall–Kier alpha value is -1.13. The maximum Gasteiger partial charge on any atom is 0.254 e. The molecule has 1 aliphatic heterocycles. The molecule has 1 aromatic heterocycles. The molecule has 104 valence electrons. The number of carbonyl (C=O) groups excluding carboxylic acids is 1. The zero-order valence-electron chi connectivity index (χ0n) is 11.1. The Morgan fingerprint density at radius 3 is 2.75 bits per heavy atom. The van der Waals surface area contributed by atoms with Crippen molar-refractivity contribution in [2.24, 2.45) is 0 Å². The smallest absolute Gasteiger partial charge is 0.254 e. The van der Waals surface area contributed by atoms with Gasteiger partial charge in [-0.1, -0.05) is 28.1 Å². The minimum atomic E-state index is 0.153. The van der Waals surface area contributed by atoms with Gasteiger partial charge in [-0.25, -0.2) is 0 Å². The van der Waals surface area contributed by atoms with Crippen molar-refractivity contribution in [2.45, 2.75) is 24.2 Å². The molecule has 1 fully saturated rings. The summed E-state index contributed by atoms with van der Waals surface area (Å²) in [5.41, 5.74) is 3.26. The third-order valence-corrected chi connectivity index (χ3v) is 5.15. The van der Waals surface area contributed by atoms with Gasteiger partial charge in [0.15, 0.2) is 0 Å². The number of nitrogens with zero attached hydrogens (tertiary/aromatic N) is 1. The number of alkyl halides is 1. The van der Waals surface area contributed by atoms with E-state index in [4.69, 9.17) is 0 Å². The highest BCUT2D eigenvalue weighted by atomic mass is 79.9. The monoisotopic (exact) mass is 349 g/mol.